The van der Waals surface area contributed by atoms with Crippen LogP contribution in [-0.2, 0) is 0 Å². The highest BCUT2D eigenvalue weighted by Crippen LogP contribution is 2.25. The van der Waals surface area contributed by atoms with Gasteiger partial charge in [-0.15, -0.1) is 11.8 Å². The van der Waals surface area contributed by atoms with Crippen LogP contribution in [0.2, 0.25) is 0 Å². The topological polar surface area (TPSA) is 34.9 Å². The second kappa shape index (κ2) is 6.15. The number of hydrogen-bond acceptors (Lipinski definition) is 3. The van der Waals surface area contributed by atoms with E-state index in [1.807, 2.05) is 30.5 Å². The Morgan fingerprint density at radius 3 is 2.36 bits per heavy atom. The van der Waals surface area contributed by atoms with E-state index in [-0.39, 0.29) is 5.82 Å². The van der Waals surface area contributed by atoms with Crippen molar-refractivity contribution in [1.29, 1.82) is 0 Å². The highest BCUT2D eigenvalue weighted by molar-refractivity contribution is 7.98. The number of carbonyl (C=O) groups excluding carboxylic acids is 1. The average Bonchev–Trinajstić information content (AvgIpc) is 3.00. The molecular weight excluding hydrogens is 299 g/mol. The van der Waals surface area contributed by atoms with Crippen LogP contribution < -0.4 is 0 Å². The molecule has 0 aliphatic rings. The minimum atomic E-state index is -0.306. The monoisotopic (exact) mass is 312 g/mol. The first-order valence-electron chi connectivity index (χ1n) is 6.66. The third-order valence-corrected chi connectivity index (χ3v) is 4.07. The van der Waals surface area contributed by atoms with Crippen molar-refractivity contribution in [2.75, 3.05) is 6.26 Å². The third kappa shape index (κ3) is 2.80. The van der Waals surface area contributed by atoms with E-state index in [9.17, 15) is 9.18 Å². The van der Waals surface area contributed by atoms with Gasteiger partial charge in [0, 0.05) is 16.7 Å². The van der Waals surface area contributed by atoms with Gasteiger partial charge in [0.1, 0.15) is 11.5 Å². The van der Waals surface area contributed by atoms with Crippen LogP contribution in [0.15, 0.2) is 59.6 Å². The van der Waals surface area contributed by atoms with E-state index in [4.69, 9.17) is 0 Å². The molecule has 1 aromatic heterocycles. The molecule has 5 heteroatoms. The zero-order valence-corrected chi connectivity index (χ0v) is 12.7. The lowest BCUT2D eigenvalue weighted by Gasteiger charge is -2.01. The Morgan fingerprint density at radius 1 is 1.09 bits per heavy atom. The molecule has 0 fully saturated rings. The molecule has 0 amide bonds. The van der Waals surface area contributed by atoms with Gasteiger partial charge in [0.25, 0.3) is 0 Å². The normalized spacial score (nSPS) is 10.6. The molecule has 0 N–H and O–H groups in total. The summed E-state index contributed by atoms with van der Waals surface area (Å²) in [5, 5.41) is 4.46. The minimum absolute atomic E-state index is 0.306. The van der Waals surface area contributed by atoms with E-state index >= 15 is 0 Å². The van der Waals surface area contributed by atoms with Crippen molar-refractivity contribution in [2.24, 2.45) is 0 Å². The average molecular weight is 312 g/mol. The predicted molar refractivity (Wildman–Crippen MR) is 86.1 cm³/mol. The van der Waals surface area contributed by atoms with Crippen LogP contribution in [0.25, 0.3) is 16.9 Å². The maximum absolute atomic E-state index is 13.0. The van der Waals surface area contributed by atoms with Crippen molar-refractivity contribution in [3.05, 3.63) is 66.1 Å². The van der Waals surface area contributed by atoms with Gasteiger partial charge in [0.05, 0.1) is 11.3 Å². The lowest BCUT2D eigenvalue weighted by molar-refractivity contribution is 0.112. The molecule has 2 aromatic carbocycles. The van der Waals surface area contributed by atoms with Crippen LogP contribution in [-0.4, -0.2) is 22.3 Å². The Bertz CT molecular complexity index is 795. The van der Waals surface area contributed by atoms with Gasteiger partial charge in [0.2, 0.25) is 0 Å². The lowest BCUT2D eigenvalue weighted by Crippen LogP contribution is -1.94. The van der Waals surface area contributed by atoms with Crippen molar-refractivity contribution in [1.82, 2.24) is 9.78 Å². The second-order valence-electron chi connectivity index (χ2n) is 4.70. The van der Waals surface area contributed by atoms with Crippen LogP contribution in [0.1, 0.15) is 10.4 Å². The number of nitrogens with zero attached hydrogens (tertiary/aromatic N) is 2. The molecule has 0 bridgehead atoms. The van der Waals surface area contributed by atoms with Gasteiger partial charge in [-0.1, -0.05) is 12.1 Å². The Morgan fingerprint density at radius 2 is 1.77 bits per heavy atom. The molecular formula is C17H13FN2OS. The van der Waals surface area contributed by atoms with Crippen LogP contribution in [0.5, 0.6) is 0 Å². The fourth-order valence-corrected chi connectivity index (χ4v) is 2.58. The molecule has 1 heterocycles. The number of aromatic nitrogens is 2. The molecule has 0 radical (unpaired) electrons. The minimum Gasteiger partial charge on any atom is -0.298 e. The van der Waals surface area contributed by atoms with E-state index in [1.54, 1.807) is 34.8 Å². The number of rotatable bonds is 4. The maximum Gasteiger partial charge on any atom is 0.153 e. The molecule has 3 rings (SSSR count). The largest absolute Gasteiger partial charge is 0.298 e. The predicted octanol–water partition coefficient (Wildman–Crippen LogP) is 4.21. The highest BCUT2D eigenvalue weighted by Gasteiger charge is 2.11. The zero-order chi connectivity index (χ0) is 15.5. The SMILES string of the molecule is CSc1ccc(-c2nn(-c3ccc(F)cc3)cc2C=O)cc1. The summed E-state index contributed by atoms with van der Waals surface area (Å²) in [6, 6.07) is 13.8. The third-order valence-electron chi connectivity index (χ3n) is 3.32. The van der Waals surface area contributed by atoms with Gasteiger partial charge in [-0.05, 0) is 42.7 Å². The standard InChI is InChI=1S/C17H13FN2OS/c1-22-16-8-2-12(3-9-16)17-13(11-21)10-20(19-17)15-6-4-14(18)5-7-15/h2-11H,1H3. The van der Waals surface area contributed by atoms with Crippen molar-refractivity contribution >= 4 is 18.0 Å². The van der Waals surface area contributed by atoms with E-state index < -0.39 is 0 Å². The summed E-state index contributed by atoms with van der Waals surface area (Å²) in [6.45, 7) is 0. The molecule has 0 aliphatic carbocycles. The summed E-state index contributed by atoms with van der Waals surface area (Å²) < 4.78 is 14.6. The Kier molecular flexibility index (Phi) is 4.06. The molecule has 0 saturated heterocycles. The summed E-state index contributed by atoms with van der Waals surface area (Å²) >= 11 is 1.66. The van der Waals surface area contributed by atoms with Gasteiger partial charge in [-0.3, -0.25) is 4.79 Å². The fourth-order valence-electron chi connectivity index (χ4n) is 2.17. The van der Waals surface area contributed by atoms with Gasteiger partial charge in [-0.2, -0.15) is 5.10 Å². The van der Waals surface area contributed by atoms with Crippen molar-refractivity contribution < 1.29 is 9.18 Å². The first kappa shape index (κ1) is 14.5. The first-order valence-corrected chi connectivity index (χ1v) is 7.89. The second-order valence-corrected chi connectivity index (χ2v) is 5.58. The van der Waals surface area contributed by atoms with Crippen molar-refractivity contribution in [2.45, 2.75) is 4.90 Å². The smallest absolute Gasteiger partial charge is 0.153 e. The summed E-state index contributed by atoms with van der Waals surface area (Å²) in [5.74, 6) is -0.306. The molecule has 0 unspecified atom stereocenters. The molecule has 0 saturated carbocycles. The van der Waals surface area contributed by atoms with Gasteiger partial charge in [-0.25, -0.2) is 9.07 Å². The summed E-state index contributed by atoms with van der Waals surface area (Å²) in [6.07, 6.45) is 4.44. The summed E-state index contributed by atoms with van der Waals surface area (Å²) in [7, 11) is 0. The van der Waals surface area contributed by atoms with Crippen LogP contribution in [0, 0.1) is 5.82 Å². The van der Waals surface area contributed by atoms with Crippen molar-refractivity contribution in [3.8, 4) is 16.9 Å². The molecule has 0 spiro atoms. The number of halogens is 1. The van der Waals surface area contributed by atoms with Gasteiger partial charge < -0.3 is 0 Å². The number of aldehydes is 1. The Balaban J connectivity index is 2.04. The van der Waals surface area contributed by atoms with Crippen molar-refractivity contribution in [3.63, 3.8) is 0 Å². The molecule has 3 aromatic rings. The van der Waals surface area contributed by atoms with E-state index in [1.165, 1.54) is 12.1 Å². The number of hydrogen-bond donors (Lipinski definition) is 0. The van der Waals surface area contributed by atoms with Gasteiger partial charge in [0.15, 0.2) is 6.29 Å². The first-order chi connectivity index (χ1) is 10.7. The zero-order valence-electron chi connectivity index (χ0n) is 11.9. The van der Waals surface area contributed by atoms with E-state index in [0.29, 0.717) is 16.9 Å². The van der Waals surface area contributed by atoms with Crippen LogP contribution in [0.3, 0.4) is 0 Å². The number of thioether (sulfide) groups is 1. The van der Waals surface area contributed by atoms with E-state index in [0.717, 1.165) is 16.7 Å². The molecule has 3 nitrogen and oxygen atoms in total. The fraction of sp³-hybridized carbons (Fsp3) is 0.0588. The van der Waals surface area contributed by atoms with Gasteiger partial charge >= 0.3 is 0 Å². The molecule has 110 valence electrons. The molecule has 0 atom stereocenters. The van der Waals surface area contributed by atoms with Crippen LogP contribution in [0.4, 0.5) is 4.39 Å². The summed E-state index contributed by atoms with van der Waals surface area (Å²) in [4.78, 5) is 12.5. The molecule has 22 heavy (non-hydrogen) atoms. The lowest BCUT2D eigenvalue weighted by atomic mass is 10.1. The van der Waals surface area contributed by atoms with Crippen LogP contribution >= 0.6 is 11.8 Å². The Hall–Kier alpha value is -2.40. The van der Waals surface area contributed by atoms with E-state index in [2.05, 4.69) is 5.10 Å². The number of carbonyl (C=O) groups is 1. The molecule has 0 aliphatic heterocycles. The number of benzene rings is 2. The quantitative estimate of drug-likeness (QED) is 0.534. The Labute approximate surface area is 131 Å². The summed E-state index contributed by atoms with van der Waals surface area (Å²) in [5.41, 5.74) is 2.70. The maximum atomic E-state index is 13.0. The highest BCUT2D eigenvalue weighted by atomic mass is 32.2.